The molecular weight excluding hydrogens is 340 g/mol. The van der Waals surface area contributed by atoms with E-state index in [0.717, 1.165) is 67.6 Å². The first-order valence-electron chi connectivity index (χ1n) is 8.75. The minimum absolute atomic E-state index is 0.346. The molecule has 8 heteroatoms. The summed E-state index contributed by atoms with van der Waals surface area (Å²) in [6, 6.07) is -0.479. The second kappa shape index (κ2) is 7.47. The number of aromatic nitrogens is 3. The maximum absolute atomic E-state index is 11.4. The zero-order valence-electron chi connectivity index (χ0n) is 14.6. The van der Waals surface area contributed by atoms with E-state index in [1.165, 1.54) is 10.5 Å². The molecule has 1 aliphatic carbocycles. The van der Waals surface area contributed by atoms with Crippen LogP contribution in [0.25, 0.3) is 11.0 Å². The van der Waals surface area contributed by atoms with Gasteiger partial charge in [0.25, 0.3) is 0 Å². The van der Waals surface area contributed by atoms with Crippen molar-refractivity contribution < 1.29 is 4.79 Å². The molecule has 4 N–H and O–H groups in total. The average molecular weight is 365 g/mol. The van der Waals surface area contributed by atoms with Gasteiger partial charge in [0, 0.05) is 25.2 Å². The number of carbonyl (C=O) groups is 1. The van der Waals surface area contributed by atoms with Gasteiger partial charge >= 0.3 is 6.03 Å². The highest BCUT2D eigenvalue weighted by Crippen LogP contribution is 2.32. The Hall–Kier alpha value is -2.02. The predicted octanol–water partition coefficient (Wildman–Crippen LogP) is 2.42. The largest absolute Gasteiger partial charge is 0.382 e. The Morgan fingerprint density at radius 2 is 2.04 bits per heavy atom. The van der Waals surface area contributed by atoms with Gasteiger partial charge in [0.2, 0.25) is 0 Å². The number of carbonyl (C=O) groups excluding carboxylic acids is 1. The molecule has 0 spiro atoms. The molecule has 2 aromatic heterocycles. The molecule has 0 aromatic carbocycles. The van der Waals surface area contributed by atoms with E-state index >= 15 is 0 Å². The highest BCUT2D eigenvalue weighted by Gasteiger charge is 2.23. The molecule has 2 heterocycles. The third-order valence-electron chi connectivity index (χ3n) is 4.79. The van der Waals surface area contributed by atoms with Crippen LogP contribution < -0.4 is 11.5 Å². The van der Waals surface area contributed by atoms with Gasteiger partial charge in [-0.2, -0.15) is 0 Å². The summed E-state index contributed by atoms with van der Waals surface area (Å²) in [5.74, 6) is 1.89. The van der Waals surface area contributed by atoms with Crippen molar-refractivity contribution in [2.24, 2.45) is 5.73 Å². The monoisotopic (exact) mass is 364 g/mol. The van der Waals surface area contributed by atoms with Crippen molar-refractivity contribution in [3.05, 3.63) is 17.1 Å². The lowest BCUT2D eigenvalue weighted by Crippen LogP contribution is -2.32. The molecule has 0 aliphatic heterocycles. The lowest BCUT2D eigenvalue weighted by molar-refractivity contribution is 0.215. The molecule has 136 valence electrons. The molecule has 0 fully saturated rings. The van der Waals surface area contributed by atoms with Crippen molar-refractivity contribution in [2.45, 2.75) is 51.6 Å². The molecule has 1 aliphatic rings. The van der Waals surface area contributed by atoms with E-state index < -0.39 is 6.03 Å². The Bertz CT molecular complexity index is 787. The van der Waals surface area contributed by atoms with Gasteiger partial charge < -0.3 is 20.9 Å². The number of hydrogen-bond donors (Lipinski definition) is 2. The van der Waals surface area contributed by atoms with Gasteiger partial charge in [0.05, 0.1) is 12.1 Å². The van der Waals surface area contributed by atoms with Crippen LogP contribution in [0.15, 0.2) is 0 Å². The number of amides is 2. The highest BCUT2D eigenvalue weighted by molar-refractivity contribution is 6.17. The van der Waals surface area contributed by atoms with Crippen LogP contribution >= 0.6 is 11.6 Å². The molecular formula is C17H25ClN6O. The Balaban J connectivity index is 2.12. The van der Waals surface area contributed by atoms with E-state index in [1.807, 2.05) is 0 Å². The number of hydrogen-bond acceptors (Lipinski definition) is 4. The standard InChI is InChI=1S/C17H25ClN6O/c1-23(17(20)25)10-13-22-14-15(24(13)9-5-4-8-18)11-6-2-3-7-12(11)21-16(14)19/h2-10H2,1H3,(H2,19,21)(H2,20,25). The van der Waals surface area contributed by atoms with Crippen molar-refractivity contribution in [1.82, 2.24) is 19.4 Å². The molecule has 25 heavy (non-hydrogen) atoms. The Labute approximate surface area is 152 Å². The van der Waals surface area contributed by atoms with Gasteiger partial charge in [-0.15, -0.1) is 11.6 Å². The summed E-state index contributed by atoms with van der Waals surface area (Å²) in [5, 5.41) is 0. The van der Waals surface area contributed by atoms with Crippen LogP contribution in [0, 0.1) is 0 Å². The summed E-state index contributed by atoms with van der Waals surface area (Å²) in [6.07, 6.45) is 6.11. The van der Waals surface area contributed by atoms with Gasteiger partial charge in [-0.05, 0) is 44.1 Å². The third-order valence-corrected chi connectivity index (χ3v) is 5.06. The van der Waals surface area contributed by atoms with Crippen LogP contribution in [0.4, 0.5) is 10.6 Å². The Morgan fingerprint density at radius 1 is 1.28 bits per heavy atom. The van der Waals surface area contributed by atoms with E-state index in [4.69, 9.17) is 28.1 Å². The van der Waals surface area contributed by atoms with Crippen LogP contribution in [0.3, 0.4) is 0 Å². The van der Waals surface area contributed by atoms with E-state index in [0.29, 0.717) is 18.2 Å². The fraction of sp³-hybridized carbons (Fsp3) is 0.588. The SMILES string of the molecule is CN(Cc1nc2c(N)nc3c(c2n1CCCCCl)CCCC3)C(N)=O. The number of urea groups is 1. The first kappa shape index (κ1) is 17.8. The Kier molecular flexibility index (Phi) is 5.32. The molecule has 3 rings (SSSR count). The maximum Gasteiger partial charge on any atom is 0.314 e. The van der Waals surface area contributed by atoms with Gasteiger partial charge in [-0.3, -0.25) is 0 Å². The maximum atomic E-state index is 11.4. The number of nitrogen functional groups attached to an aromatic ring is 1. The minimum Gasteiger partial charge on any atom is -0.382 e. The van der Waals surface area contributed by atoms with Crippen LogP contribution in [0.1, 0.15) is 42.8 Å². The minimum atomic E-state index is -0.479. The summed E-state index contributed by atoms with van der Waals surface area (Å²) in [5.41, 5.74) is 15.7. The number of fused-ring (bicyclic) bond motifs is 3. The van der Waals surface area contributed by atoms with Crippen molar-refractivity contribution in [1.29, 1.82) is 0 Å². The van der Waals surface area contributed by atoms with Gasteiger partial charge in [0.1, 0.15) is 11.3 Å². The summed E-state index contributed by atoms with van der Waals surface area (Å²) in [4.78, 5) is 22.2. The van der Waals surface area contributed by atoms with Crippen molar-refractivity contribution in [3.8, 4) is 0 Å². The van der Waals surface area contributed by atoms with Crippen molar-refractivity contribution in [2.75, 3.05) is 18.7 Å². The lowest BCUT2D eigenvalue weighted by atomic mass is 9.95. The van der Waals surface area contributed by atoms with Crippen LogP contribution in [0.2, 0.25) is 0 Å². The van der Waals surface area contributed by atoms with E-state index in [-0.39, 0.29) is 0 Å². The zero-order chi connectivity index (χ0) is 18.0. The molecule has 0 bridgehead atoms. The number of nitrogens with zero attached hydrogens (tertiary/aromatic N) is 4. The van der Waals surface area contributed by atoms with E-state index in [1.54, 1.807) is 7.05 Å². The number of imidazole rings is 1. The summed E-state index contributed by atoms with van der Waals surface area (Å²) < 4.78 is 2.18. The van der Waals surface area contributed by atoms with Crippen LogP contribution in [-0.4, -0.2) is 38.4 Å². The molecule has 2 amide bonds. The average Bonchev–Trinajstić information content (AvgIpc) is 2.94. The number of rotatable bonds is 6. The fourth-order valence-corrected chi connectivity index (χ4v) is 3.65. The van der Waals surface area contributed by atoms with Crippen LogP contribution in [-0.2, 0) is 25.9 Å². The topological polar surface area (TPSA) is 103 Å². The Morgan fingerprint density at radius 3 is 2.76 bits per heavy atom. The highest BCUT2D eigenvalue weighted by atomic mass is 35.5. The number of nitrogens with two attached hydrogens (primary N) is 2. The molecule has 0 saturated carbocycles. The molecule has 0 saturated heterocycles. The van der Waals surface area contributed by atoms with Crippen molar-refractivity contribution >= 4 is 34.5 Å². The van der Waals surface area contributed by atoms with Crippen LogP contribution in [0.5, 0.6) is 0 Å². The van der Waals surface area contributed by atoms with E-state index in [9.17, 15) is 4.79 Å². The summed E-state index contributed by atoms with van der Waals surface area (Å²) >= 11 is 5.84. The van der Waals surface area contributed by atoms with Crippen molar-refractivity contribution in [3.63, 3.8) is 0 Å². The first-order chi connectivity index (χ1) is 12.0. The zero-order valence-corrected chi connectivity index (χ0v) is 15.3. The number of halogens is 1. The molecule has 2 aromatic rings. The predicted molar refractivity (Wildman–Crippen MR) is 99.6 cm³/mol. The number of primary amides is 1. The van der Waals surface area contributed by atoms with E-state index in [2.05, 4.69) is 9.55 Å². The number of aryl methyl sites for hydroxylation is 3. The normalized spacial score (nSPS) is 13.8. The smallest absolute Gasteiger partial charge is 0.314 e. The van der Waals surface area contributed by atoms with Gasteiger partial charge in [-0.1, -0.05) is 0 Å². The molecule has 0 radical (unpaired) electrons. The second-order valence-corrected chi connectivity index (χ2v) is 6.97. The molecule has 0 unspecified atom stereocenters. The first-order valence-corrected chi connectivity index (χ1v) is 9.29. The van der Waals surface area contributed by atoms with Gasteiger partial charge in [0.15, 0.2) is 5.82 Å². The number of unbranched alkanes of at least 4 members (excludes halogenated alkanes) is 1. The number of alkyl halides is 1. The lowest BCUT2D eigenvalue weighted by Gasteiger charge is -2.19. The molecule has 0 atom stereocenters. The number of anilines is 1. The molecule has 7 nitrogen and oxygen atoms in total. The third kappa shape index (κ3) is 3.51. The number of pyridine rings is 1. The fourth-order valence-electron chi connectivity index (χ4n) is 3.47. The quantitative estimate of drug-likeness (QED) is 0.606. The summed E-state index contributed by atoms with van der Waals surface area (Å²) in [7, 11) is 1.67. The summed E-state index contributed by atoms with van der Waals surface area (Å²) in [6.45, 7) is 1.14. The van der Waals surface area contributed by atoms with Gasteiger partial charge in [-0.25, -0.2) is 14.8 Å². The second-order valence-electron chi connectivity index (χ2n) is 6.60.